The molecule has 0 saturated heterocycles. The maximum absolute atomic E-state index is 12.1. The lowest BCUT2D eigenvalue weighted by Gasteiger charge is -2.23. The summed E-state index contributed by atoms with van der Waals surface area (Å²) in [4.78, 5) is 16.6. The highest BCUT2D eigenvalue weighted by atomic mass is 16.3. The number of aromatic nitrogens is 3. The summed E-state index contributed by atoms with van der Waals surface area (Å²) in [6, 6.07) is 1.77. The first-order valence-corrected chi connectivity index (χ1v) is 7.00. The average Bonchev–Trinajstić information content (AvgIpc) is 3.07. The molecular weight excluding hydrogens is 256 g/mol. The van der Waals surface area contributed by atoms with Gasteiger partial charge in [-0.2, -0.15) is 5.10 Å². The molecule has 2 aromatic heterocycles. The molecule has 0 spiro atoms. The smallest absolute Gasteiger partial charge is 0.225 e. The molecular formula is C14H18N4O2. The van der Waals surface area contributed by atoms with Crippen molar-refractivity contribution in [3.8, 4) is 0 Å². The Morgan fingerprint density at radius 1 is 1.60 bits per heavy atom. The summed E-state index contributed by atoms with van der Waals surface area (Å²) in [7, 11) is 0. The Balaban J connectivity index is 1.69. The Morgan fingerprint density at radius 2 is 2.50 bits per heavy atom. The number of nitrogens with zero attached hydrogens (tertiary/aromatic N) is 3. The van der Waals surface area contributed by atoms with Gasteiger partial charge in [0.05, 0.1) is 25.0 Å². The Morgan fingerprint density at radius 3 is 3.25 bits per heavy atom. The highest BCUT2D eigenvalue weighted by Crippen LogP contribution is 2.23. The average molecular weight is 274 g/mol. The number of hydrogen-bond donors (Lipinski definition) is 1. The zero-order valence-electron chi connectivity index (χ0n) is 11.5. The van der Waals surface area contributed by atoms with Crippen LogP contribution in [-0.4, -0.2) is 20.7 Å². The lowest BCUT2D eigenvalue weighted by atomic mass is 10.1. The molecule has 1 unspecified atom stereocenters. The van der Waals surface area contributed by atoms with Crippen LogP contribution < -0.4 is 5.32 Å². The third kappa shape index (κ3) is 2.59. The van der Waals surface area contributed by atoms with Gasteiger partial charge in [0.15, 0.2) is 5.82 Å². The molecule has 3 heterocycles. The second-order valence-electron chi connectivity index (χ2n) is 5.03. The summed E-state index contributed by atoms with van der Waals surface area (Å²) in [5.41, 5.74) is 0.883. The van der Waals surface area contributed by atoms with Crippen LogP contribution >= 0.6 is 0 Å². The van der Waals surface area contributed by atoms with Gasteiger partial charge in [-0.15, -0.1) is 0 Å². The van der Waals surface area contributed by atoms with Gasteiger partial charge in [-0.3, -0.25) is 4.79 Å². The predicted molar refractivity (Wildman–Crippen MR) is 71.9 cm³/mol. The SMILES string of the molecule is CCc1nc2n(n1)CCCC2NC(=O)Cc1ccoc1. The summed E-state index contributed by atoms with van der Waals surface area (Å²) in [6.45, 7) is 2.92. The van der Waals surface area contributed by atoms with Crippen molar-refractivity contribution >= 4 is 5.91 Å². The molecule has 20 heavy (non-hydrogen) atoms. The van der Waals surface area contributed by atoms with E-state index in [4.69, 9.17) is 4.42 Å². The zero-order valence-corrected chi connectivity index (χ0v) is 11.5. The fourth-order valence-corrected chi connectivity index (χ4v) is 2.51. The normalized spacial score (nSPS) is 17.8. The van der Waals surface area contributed by atoms with Crippen LogP contribution in [0.2, 0.25) is 0 Å². The Hall–Kier alpha value is -2.11. The summed E-state index contributed by atoms with van der Waals surface area (Å²) >= 11 is 0. The maximum Gasteiger partial charge on any atom is 0.225 e. The summed E-state index contributed by atoms with van der Waals surface area (Å²) in [5, 5.41) is 7.49. The van der Waals surface area contributed by atoms with Crippen LogP contribution in [0.15, 0.2) is 23.0 Å². The Bertz CT molecular complexity index is 588. The van der Waals surface area contributed by atoms with Crippen LogP contribution in [0.25, 0.3) is 0 Å². The molecule has 1 atom stereocenters. The summed E-state index contributed by atoms with van der Waals surface area (Å²) in [6.07, 6.45) is 6.25. The standard InChI is InChI=1S/C14H18N4O2/c1-2-12-16-14-11(4-3-6-18(14)17-12)15-13(19)8-10-5-7-20-9-10/h5,7,9,11H,2-4,6,8H2,1H3,(H,15,19). The molecule has 106 valence electrons. The zero-order chi connectivity index (χ0) is 13.9. The van der Waals surface area contributed by atoms with E-state index >= 15 is 0 Å². The van der Waals surface area contributed by atoms with Crippen LogP contribution in [0, 0.1) is 0 Å². The van der Waals surface area contributed by atoms with Crippen LogP contribution in [0.4, 0.5) is 0 Å². The Kier molecular flexibility index (Phi) is 3.54. The summed E-state index contributed by atoms with van der Waals surface area (Å²) < 4.78 is 6.89. The van der Waals surface area contributed by atoms with Crippen molar-refractivity contribution in [2.24, 2.45) is 0 Å². The first-order chi connectivity index (χ1) is 9.76. The lowest BCUT2D eigenvalue weighted by Crippen LogP contribution is -2.34. The predicted octanol–water partition coefficient (Wildman–Crippen LogP) is 1.63. The second kappa shape index (κ2) is 5.48. The fraction of sp³-hybridized carbons (Fsp3) is 0.500. The molecule has 6 nitrogen and oxygen atoms in total. The number of carbonyl (C=O) groups excluding carboxylic acids is 1. The quantitative estimate of drug-likeness (QED) is 0.919. The number of hydrogen-bond acceptors (Lipinski definition) is 4. The molecule has 1 N–H and O–H groups in total. The highest BCUT2D eigenvalue weighted by molar-refractivity contribution is 5.78. The van der Waals surface area contributed by atoms with E-state index in [-0.39, 0.29) is 11.9 Å². The molecule has 0 aromatic carbocycles. The number of furan rings is 1. The van der Waals surface area contributed by atoms with Crippen molar-refractivity contribution in [3.63, 3.8) is 0 Å². The van der Waals surface area contributed by atoms with Gasteiger partial charge in [0.25, 0.3) is 0 Å². The minimum atomic E-state index is -0.0315. The fourth-order valence-electron chi connectivity index (χ4n) is 2.51. The monoisotopic (exact) mass is 274 g/mol. The molecule has 3 rings (SSSR count). The molecule has 0 bridgehead atoms. The van der Waals surface area contributed by atoms with Crippen molar-refractivity contribution in [3.05, 3.63) is 35.8 Å². The number of fused-ring (bicyclic) bond motifs is 1. The minimum absolute atomic E-state index is 0.00843. The van der Waals surface area contributed by atoms with Gasteiger partial charge in [-0.25, -0.2) is 9.67 Å². The number of amides is 1. The van der Waals surface area contributed by atoms with E-state index in [1.165, 1.54) is 0 Å². The van der Waals surface area contributed by atoms with Crippen LogP contribution in [0.5, 0.6) is 0 Å². The molecule has 1 amide bonds. The van der Waals surface area contributed by atoms with E-state index in [9.17, 15) is 4.79 Å². The van der Waals surface area contributed by atoms with Gasteiger partial charge in [-0.05, 0) is 24.5 Å². The molecule has 2 aromatic rings. The molecule has 0 aliphatic carbocycles. The molecule has 6 heteroatoms. The second-order valence-corrected chi connectivity index (χ2v) is 5.03. The molecule has 1 aliphatic heterocycles. The minimum Gasteiger partial charge on any atom is -0.472 e. The number of rotatable bonds is 4. The van der Waals surface area contributed by atoms with Crippen LogP contribution in [-0.2, 0) is 24.2 Å². The van der Waals surface area contributed by atoms with Crippen LogP contribution in [0.3, 0.4) is 0 Å². The van der Waals surface area contributed by atoms with Crippen LogP contribution in [0.1, 0.15) is 43.0 Å². The van der Waals surface area contributed by atoms with E-state index in [0.717, 1.165) is 43.0 Å². The van der Waals surface area contributed by atoms with Crippen molar-refractivity contribution in [2.75, 3.05) is 0 Å². The lowest BCUT2D eigenvalue weighted by molar-refractivity contribution is -0.121. The van der Waals surface area contributed by atoms with Gasteiger partial charge in [0.1, 0.15) is 5.82 Å². The van der Waals surface area contributed by atoms with Gasteiger partial charge in [-0.1, -0.05) is 6.92 Å². The van der Waals surface area contributed by atoms with Crippen molar-refractivity contribution < 1.29 is 9.21 Å². The van der Waals surface area contributed by atoms with Crippen molar-refractivity contribution in [2.45, 2.75) is 45.2 Å². The van der Waals surface area contributed by atoms with E-state index < -0.39 is 0 Å². The number of aryl methyl sites for hydroxylation is 2. The maximum atomic E-state index is 12.1. The van der Waals surface area contributed by atoms with E-state index in [2.05, 4.69) is 15.4 Å². The van der Waals surface area contributed by atoms with Gasteiger partial charge >= 0.3 is 0 Å². The third-order valence-electron chi connectivity index (χ3n) is 3.51. The van der Waals surface area contributed by atoms with Crippen molar-refractivity contribution in [1.29, 1.82) is 0 Å². The highest BCUT2D eigenvalue weighted by Gasteiger charge is 2.25. The first-order valence-electron chi connectivity index (χ1n) is 7.00. The molecule has 0 fully saturated rings. The molecule has 0 saturated carbocycles. The van der Waals surface area contributed by atoms with E-state index in [1.807, 2.05) is 11.6 Å². The summed E-state index contributed by atoms with van der Waals surface area (Å²) in [5.74, 6) is 1.72. The topological polar surface area (TPSA) is 73.0 Å². The van der Waals surface area contributed by atoms with E-state index in [0.29, 0.717) is 6.42 Å². The Labute approximate surface area is 117 Å². The van der Waals surface area contributed by atoms with Gasteiger partial charge < -0.3 is 9.73 Å². The van der Waals surface area contributed by atoms with Gasteiger partial charge in [0, 0.05) is 13.0 Å². The van der Waals surface area contributed by atoms with Gasteiger partial charge in [0.2, 0.25) is 5.91 Å². The van der Waals surface area contributed by atoms with Crippen molar-refractivity contribution in [1.82, 2.24) is 20.1 Å². The number of nitrogens with one attached hydrogen (secondary N) is 1. The number of carbonyl (C=O) groups is 1. The third-order valence-corrected chi connectivity index (χ3v) is 3.51. The molecule has 0 radical (unpaired) electrons. The largest absolute Gasteiger partial charge is 0.472 e. The first kappa shape index (κ1) is 12.9. The molecule has 1 aliphatic rings. The van der Waals surface area contributed by atoms with E-state index in [1.54, 1.807) is 18.6 Å².